The van der Waals surface area contributed by atoms with Gasteiger partial charge in [-0.1, -0.05) is 24.3 Å². The predicted octanol–water partition coefficient (Wildman–Crippen LogP) is 2.73. The molecule has 0 saturated carbocycles. The van der Waals surface area contributed by atoms with Gasteiger partial charge in [0.15, 0.2) is 0 Å². The van der Waals surface area contributed by atoms with E-state index in [0.717, 1.165) is 27.3 Å². The number of hydrogen-bond donors (Lipinski definition) is 2. The third-order valence-corrected chi connectivity index (χ3v) is 6.52. The molecule has 0 radical (unpaired) electrons. The van der Waals surface area contributed by atoms with Gasteiger partial charge >= 0.3 is 0 Å². The Hall–Kier alpha value is -1.70. The normalized spacial score (nSPS) is 12.8. The number of amides is 1. The highest BCUT2D eigenvalue weighted by Crippen LogP contribution is 2.24. The summed E-state index contributed by atoms with van der Waals surface area (Å²) in [5.41, 5.74) is 1.99. The van der Waals surface area contributed by atoms with Gasteiger partial charge in [0.1, 0.15) is 4.21 Å². The van der Waals surface area contributed by atoms with E-state index in [9.17, 15) is 13.2 Å². The number of benzene rings is 1. The SMILES string of the molecule is CC(=O)NCc1ccc(S(=O)(=O)NC(C)c2ccccc2C)s1. The van der Waals surface area contributed by atoms with Crippen molar-refractivity contribution < 1.29 is 13.2 Å². The van der Waals surface area contributed by atoms with Crippen LogP contribution >= 0.6 is 11.3 Å². The summed E-state index contributed by atoms with van der Waals surface area (Å²) in [5.74, 6) is -0.144. The highest BCUT2D eigenvalue weighted by molar-refractivity contribution is 7.91. The molecule has 2 rings (SSSR count). The highest BCUT2D eigenvalue weighted by atomic mass is 32.2. The Morgan fingerprint density at radius 1 is 1.22 bits per heavy atom. The van der Waals surface area contributed by atoms with Crippen molar-refractivity contribution >= 4 is 27.3 Å². The molecule has 23 heavy (non-hydrogen) atoms. The van der Waals surface area contributed by atoms with Crippen LogP contribution in [0.3, 0.4) is 0 Å². The van der Waals surface area contributed by atoms with Gasteiger partial charge in [0.2, 0.25) is 5.91 Å². The summed E-state index contributed by atoms with van der Waals surface area (Å²) >= 11 is 1.16. The topological polar surface area (TPSA) is 75.3 Å². The number of carbonyl (C=O) groups excluding carboxylic acids is 1. The number of aryl methyl sites for hydroxylation is 1. The number of nitrogens with one attached hydrogen (secondary N) is 2. The van der Waals surface area contributed by atoms with Crippen molar-refractivity contribution in [2.75, 3.05) is 0 Å². The molecule has 1 unspecified atom stereocenters. The summed E-state index contributed by atoms with van der Waals surface area (Å²) in [5, 5.41) is 2.66. The second-order valence-corrected chi connectivity index (χ2v) is 8.44. The minimum Gasteiger partial charge on any atom is -0.351 e. The molecule has 124 valence electrons. The van der Waals surface area contributed by atoms with Gasteiger partial charge in [0, 0.05) is 17.8 Å². The molecule has 7 heteroatoms. The van der Waals surface area contributed by atoms with E-state index in [2.05, 4.69) is 10.0 Å². The molecule has 0 saturated heterocycles. The second kappa shape index (κ2) is 7.25. The largest absolute Gasteiger partial charge is 0.351 e. The molecule has 2 N–H and O–H groups in total. The minimum absolute atomic E-state index is 0.144. The van der Waals surface area contributed by atoms with Crippen molar-refractivity contribution in [3.63, 3.8) is 0 Å². The van der Waals surface area contributed by atoms with E-state index in [1.54, 1.807) is 12.1 Å². The summed E-state index contributed by atoms with van der Waals surface area (Å²) in [4.78, 5) is 11.7. The van der Waals surface area contributed by atoms with Crippen molar-refractivity contribution in [2.24, 2.45) is 0 Å². The van der Waals surface area contributed by atoms with Gasteiger partial charge in [-0.2, -0.15) is 0 Å². The van der Waals surface area contributed by atoms with Crippen molar-refractivity contribution in [3.05, 3.63) is 52.4 Å². The molecule has 0 spiro atoms. The first-order valence-corrected chi connectivity index (χ1v) is 9.50. The quantitative estimate of drug-likeness (QED) is 0.839. The maximum absolute atomic E-state index is 12.5. The van der Waals surface area contributed by atoms with E-state index in [4.69, 9.17) is 0 Å². The summed E-state index contributed by atoms with van der Waals surface area (Å²) in [6.45, 7) is 5.54. The first-order valence-electron chi connectivity index (χ1n) is 7.20. The molecule has 0 aliphatic heterocycles. The molecule has 1 amide bonds. The third-order valence-electron chi connectivity index (χ3n) is 3.40. The second-order valence-electron chi connectivity index (χ2n) is 5.33. The van der Waals surface area contributed by atoms with Gasteiger partial charge in [0.25, 0.3) is 10.0 Å². The number of carbonyl (C=O) groups is 1. The molecule has 1 aromatic heterocycles. The molecule has 1 atom stereocenters. The lowest BCUT2D eigenvalue weighted by Crippen LogP contribution is -2.26. The summed E-state index contributed by atoms with van der Waals surface area (Å²) in [6.07, 6.45) is 0. The van der Waals surface area contributed by atoms with Crippen LogP contribution in [0.25, 0.3) is 0 Å². The third kappa shape index (κ3) is 4.63. The smallest absolute Gasteiger partial charge is 0.250 e. The van der Waals surface area contributed by atoms with E-state index in [1.807, 2.05) is 38.1 Å². The highest BCUT2D eigenvalue weighted by Gasteiger charge is 2.21. The number of thiophene rings is 1. The molecular weight excluding hydrogens is 332 g/mol. The molecule has 0 fully saturated rings. The lowest BCUT2D eigenvalue weighted by molar-refractivity contribution is -0.119. The predicted molar refractivity (Wildman–Crippen MR) is 91.8 cm³/mol. The van der Waals surface area contributed by atoms with E-state index < -0.39 is 10.0 Å². The number of hydrogen-bond acceptors (Lipinski definition) is 4. The monoisotopic (exact) mass is 352 g/mol. The molecule has 5 nitrogen and oxygen atoms in total. The molecule has 0 aliphatic rings. The Labute approximate surface area is 140 Å². The summed E-state index contributed by atoms with van der Waals surface area (Å²) in [7, 11) is -3.59. The van der Waals surface area contributed by atoms with Crippen LogP contribution in [-0.4, -0.2) is 14.3 Å². The Kier molecular flexibility index (Phi) is 5.56. The minimum atomic E-state index is -3.59. The van der Waals surface area contributed by atoms with Crippen LogP contribution in [0.4, 0.5) is 0 Å². The molecule has 0 aliphatic carbocycles. The van der Waals surface area contributed by atoms with Gasteiger partial charge in [-0.05, 0) is 37.1 Å². The standard InChI is InChI=1S/C16H20N2O3S2/c1-11-6-4-5-7-15(11)12(2)18-23(20,21)16-9-8-14(22-16)10-17-13(3)19/h4-9,12,18H,10H2,1-3H3,(H,17,19). The van der Waals surface area contributed by atoms with Crippen LogP contribution in [0.15, 0.2) is 40.6 Å². The fourth-order valence-corrected chi connectivity index (χ4v) is 4.77. The lowest BCUT2D eigenvalue weighted by atomic mass is 10.0. The maximum Gasteiger partial charge on any atom is 0.250 e. The Balaban J connectivity index is 2.13. The number of sulfonamides is 1. The van der Waals surface area contributed by atoms with Crippen LogP contribution in [0, 0.1) is 6.92 Å². The van der Waals surface area contributed by atoms with Crippen LogP contribution < -0.4 is 10.0 Å². The van der Waals surface area contributed by atoms with Crippen molar-refractivity contribution in [1.29, 1.82) is 0 Å². The zero-order valence-electron chi connectivity index (χ0n) is 13.3. The van der Waals surface area contributed by atoms with Crippen molar-refractivity contribution in [2.45, 2.75) is 37.6 Å². The average Bonchev–Trinajstić information content (AvgIpc) is 2.94. The molecular formula is C16H20N2O3S2. The average molecular weight is 352 g/mol. The fourth-order valence-electron chi connectivity index (χ4n) is 2.24. The van der Waals surface area contributed by atoms with Gasteiger partial charge in [-0.3, -0.25) is 4.79 Å². The van der Waals surface area contributed by atoms with Crippen molar-refractivity contribution in [3.8, 4) is 0 Å². The fraction of sp³-hybridized carbons (Fsp3) is 0.312. The zero-order valence-corrected chi connectivity index (χ0v) is 14.9. The van der Waals surface area contributed by atoms with Gasteiger partial charge in [-0.15, -0.1) is 11.3 Å². The summed E-state index contributed by atoms with van der Waals surface area (Å²) < 4.78 is 27.9. The van der Waals surface area contributed by atoms with Crippen LogP contribution in [0.5, 0.6) is 0 Å². The molecule has 1 aromatic carbocycles. The van der Waals surface area contributed by atoms with Crippen molar-refractivity contribution in [1.82, 2.24) is 10.0 Å². The molecule has 0 bridgehead atoms. The first kappa shape index (κ1) is 17.7. The van der Waals surface area contributed by atoms with Crippen LogP contribution in [-0.2, 0) is 21.4 Å². The number of rotatable bonds is 6. The van der Waals surface area contributed by atoms with Gasteiger partial charge in [-0.25, -0.2) is 13.1 Å². The van der Waals surface area contributed by atoms with Crippen LogP contribution in [0.1, 0.15) is 35.9 Å². The van der Waals surface area contributed by atoms with Gasteiger partial charge < -0.3 is 5.32 Å². The van der Waals surface area contributed by atoms with Crippen LogP contribution in [0.2, 0.25) is 0 Å². The Morgan fingerprint density at radius 3 is 2.57 bits per heavy atom. The van der Waals surface area contributed by atoms with E-state index in [-0.39, 0.29) is 16.2 Å². The van der Waals surface area contributed by atoms with Gasteiger partial charge in [0.05, 0.1) is 6.54 Å². The zero-order chi connectivity index (χ0) is 17.0. The van der Waals surface area contributed by atoms with E-state index >= 15 is 0 Å². The maximum atomic E-state index is 12.5. The molecule has 2 aromatic rings. The molecule has 1 heterocycles. The lowest BCUT2D eigenvalue weighted by Gasteiger charge is -2.16. The first-order chi connectivity index (χ1) is 10.8. The Morgan fingerprint density at radius 2 is 1.91 bits per heavy atom. The Bertz CT molecular complexity index is 797. The summed E-state index contributed by atoms with van der Waals surface area (Å²) in [6, 6.07) is 10.7. The van der Waals surface area contributed by atoms with E-state index in [0.29, 0.717) is 6.54 Å². The van der Waals surface area contributed by atoms with E-state index in [1.165, 1.54) is 6.92 Å².